The summed E-state index contributed by atoms with van der Waals surface area (Å²) < 4.78 is 26.1. The largest absolute Gasteiger partial charge is 0.487 e. The summed E-state index contributed by atoms with van der Waals surface area (Å²) in [5, 5.41) is 27.4. The number of anilines is 1. The fourth-order valence-electron chi connectivity index (χ4n) is 4.82. The van der Waals surface area contributed by atoms with Crippen molar-refractivity contribution in [2.24, 2.45) is 0 Å². The van der Waals surface area contributed by atoms with E-state index in [9.17, 15) is 9.50 Å². The molecule has 9 nitrogen and oxygen atoms in total. The summed E-state index contributed by atoms with van der Waals surface area (Å²) >= 11 is 0. The molecule has 1 atom stereocenters. The molecular formula is C25H23FN6O3. The van der Waals surface area contributed by atoms with Crippen molar-refractivity contribution in [2.45, 2.75) is 37.4 Å². The maximum atomic E-state index is 14.1. The molecule has 1 N–H and O–H groups in total. The zero-order valence-electron chi connectivity index (χ0n) is 18.8. The summed E-state index contributed by atoms with van der Waals surface area (Å²) in [6, 6.07) is 12.2. The topological polar surface area (TPSA) is 110 Å². The van der Waals surface area contributed by atoms with Gasteiger partial charge >= 0.3 is 0 Å². The van der Waals surface area contributed by atoms with E-state index in [2.05, 4.69) is 30.3 Å². The van der Waals surface area contributed by atoms with Crippen LogP contribution in [-0.2, 0) is 6.42 Å². The molecule has 1 saturated heterocycles. The first-order valence-electron chi connectivity index (χ1n) is 11.5. The first-order chi connectivity index (χ1) is 17.1. The van der Waals surface area contributed by atoms with Crippen LogP contribution >= 0.6 is 0 Å². The summed E-state index contributed by atoms with van der Waals surface area (Å²) in [6.07, 6.45) is 4.84. The average Bonchev–Trinajstić information content (AvgIpc) is 3.33. The molecule has 10 heteroatoms. The predicted octanol–water partition coefficient (Wildman–Crippen LogP) is 3.51. The second-order valence-corrected chi connectivity index (χ2v) is 8.95. The van der Waals surface area contributed by atoms with Crippen LogP contribution in [-0.4, -0.2) is 49.2 Å². The number of hydrogen-bond donors (Lipinski definition) is 1. The second kappa shape index (κ2) is 8.70. The maximum absolute atomic E-state index is 14.1. The molecule has 178 valence electrons. The lowest BCUT2D eigenvalue weighted by Crippen LogP contribution is -2.50. The zero-order chi connectivity index (χ0) is 23.8. The van der Waals surface area contributed by atoms with Crippen LogP contribution in [0, 0.1) is 5.82 Å². The lowest BCUT2D eigenvalue weighted by atomic mass is 9.81. The summed E-state index contributed by atoms with van der Waals surface area (Å²) in [5.74, 6) is 1.56. The Morgan fingerprint density at radius 3 is 2.60 bits per heavy atom. The molecule has 2 aliphatic rings. The molecule has 35 heavy (non-hydrogen) atoms. The van der Waals surface area contributed by atoms with Gasteiger partial charge in [0, 0.05) is 44.7 Å². The van der Waals surface area contributed by atoms with Crippen molar-refractivity contribution in [1.29, 1.82) is 0 Å². The number of fused-ring (bicyclic) bond motifs is 1. The van der Waals surface area contributed by atoms with Gasteiger partial charge in [0.2, 0.25) is 5.89 Å². The van der Waals surface area contributed by atoms with Crippen LogP contribution in [0.1, 0.15) is 42.4 Å². The van der Waals surface area contributed by atoms with Gasteiger partial charge in [-0.05, 0) is 42.0 Å². The number of aromatic nitrogens is 5. The van der Waals surface area contributed by atoms with Gasteiger partial charge in [-0.25, -0.2) is 4.39 Å². The standard InChI is InChI=1S/C25H23FN6O3/c26-17-2-1-3-20-23(17)19(33)15-25(35-20)8-12-32(13-9-25)21-5-4-18(28-29-21)24-31-30-22(34-24)14-16-6-10-27-11-7-16/h1-7,10-11,19,33H,8-9,12-15H2. The third-order valence-corrected chi connectivity index (χ3v) is 6.68. The molecule has 0 aliphatic carbocycles. The van der Waals surface area contributed by atoms with E-state index in [1.54, 1.807) is 24.5 Å². The van der Waals surface area contributed by atoms with Gasteiger partial charge in [-0.15, -0.1) is 20.4 Å². The minimum atomic E-state index is -0.872. The fourth-order valence-corrected chi connectivity index (χ4v) is 4.82. The Labute approximate surface area is 200 Å². The lowest BCUT2D eigenvalue weighted by Gasteiger charge is -2.46. The molecule has 1 unspecified atom stereocenters. The van der Waals surface area contributed by atoms with Gasteiger partial charge in [0.25, 0.3) is 5.89 Å². The summed E-state index contributed by atoms with van der Waals surface area (Å²) in [4.78, 5) is 6.13. The van der Waals surface area contributed by atoms with Crippen molar-refractivity contribution in [3.05, 3.63) is 77.7 Å². The number of ether oxygens (including phenoxy) is 1. The Bertz CT molecular complexity index is 1320. The minimum absolute atomic E-state index is 0.256. The van der Waals surface area contributed by atoms with E-state index in [0.29, 0.717) is 62.0 Å². The normalized spacial score (nSPS) is 18.8. The number of nitrogens with zero attached hydrogens (tertiary/aromatic N) is 6. The van der Waals surface area contributed by atoms with Gasteiger partial charge in [0.1, 0.15) is 22.9 Å². The van der Waals surface area contributed by atoms with Crippen LogP contribution in [0.15, 0.2) is 59.3 Å². The maximum Gasteiger partial charge on any atom is 0.268 e. The van der Waals surface area contributed by atoms with E-state index in [1.165, 1.54) is 6.07 Å². The Balaban J connectivity index is 1.11. The number of benzene rings is 1. The number of aliphatic hydroxyl groups excluding tert-OH is 1. The van der Waals surface area contributed by atoms with Gasteiger partial charge in [-0.1, -0.05) is 6.07 Å². The van der Waals surface area contributed by atoms with E-state index < -0.39 is 17.5 Å². The third-order valence-electron chi connectivity index (χ3n) is 6.68. The van der Waals surface area contributed by atoms with Crippen LogP contribution in [0.25, 0.3) is 11.6 Å². The third kappa shape index (κ3) is 4.21. The van der Waals surface area contributed by atoms with Crippen molar-refractivity contribution in [1.82, 2.24) is 25.4 Å². The summed E-state index contributed by atoms with van der Waals surface area (Å²) in [7, 11) is 0. The van der Waals surface area contributed by atoms with Crippen LogP contribution in [0.2, 0.25) is 0 Å². The Morgan fingerprint density at radius 2 is 1.83 bits per heavy atom. The molecule has 2 aliphatic heterocycles. The molecule has 1 fully saturated rings. The average molecular weight is 474 g/mol. The van der Waals surface area contributed by atoms with Crippen LogP contribution in [0.5, 0.6) is 5.75 Å². The molecule has 3 aromatic heterocycles. The smallest absolute Gasteiger partial charge is 0.268 e. The number of rotatable bonds is 4. The van der Waals surface area contributed by atoms with Crippen LogP contribution in [0.3, 0.4) is 0 Å². The molecule has 0 radical (unpaired) electrons. The van der Waals surface area contributed by atoms with Crippen molar-refractivity contribution in [2.75, 3.05) is 18.0 Å². The number of aliphatic hydroxyl groups is 1. The molecule has 0 amide bonds. The van der Waals surface area contributed by atoms with Crippen molar-refractivity contribution < 1.29 is 18.7 Å². The van der Waals surface area contributed by atoms with Gasteiger partial charge in [0.05, 0.1) is 18.1 Å². The van der Waals surface area contributed by atoms with E-state index in [1.807, 2.05) is 24.3 Å². The number of hydrogen-bond acceptors (Lipinski definition) is 9. The van der Waals surface area contributed by atoms with Gasteiger partial charge in [0.15, 0.2) is 5.82 Å². The van der Waals surface area contributed by atoms with Crippen molar-refractivity contribution >= 4 is 5.82 Å². The second-order valence-electron chi connectivity index (χ2n) is 8.95. The van der Waals surface area contributed by atoms with E-state index >= 15 is 0 Å². The quantitative estimate of drug-likeness (QED) is 0.475. The lowest BCUT2D eigenvalue weighted by molar-refractivity contribution is -0.0317. The number of halogens is 1. The molecule has 5 heterocycles. The summed E-state index contributed by atoms with van der Waals surface area (Å²) in [6.45, 7) is 1.37. The molecule has 1 spiro atoms. The van der Waals surface area contributed by atoms with E-state index in [-0.39, 0.29) is 5.56 Å². The zero-order valence-corrected chi connectivity index (χ0v) is 18.8. The van der Waals surface area contributed by atoms with Gasteiger partial charge in [-0.3, -0.25) is 4.98 Å². The first kappa shape index (κ1) is 21.6. The highest BCUT2D eigenvalue weighted by atomic mass is 19.1. The van der Waals surface area contributed by atoms with E-state index in [4.69, 9.17) is 9.15 Å². The monoisotopic (exact) mass is 474 g/mol. The molecular weight excluding hydrogens is 451 g/mol. The molecule has 6 rings (SSSR count). The SMILES string of the molecule is OC1CC2(CCN(c3ccc(-c4nnc(Cc5ccncc5)o4)nn3)CC2)Oc2cccc(F)c21. The van der Waals surface area contributed by atoms with Gasteiger partial charge < -0.3 is 19.2 Å². The highest BCUT2D eigenvalue weighted by molar-refractivity contribution is 5.49. The Morgan fingerprint density at radius 1 is 1.00 bits per heavy atom. The number of pyridine rings is 1. The molecule has 0 saturated carbocycles. The fraction of sp³-hybridized carbons (Fsp3) is 0.320. The Hall–Kier alpha value is -3.92. The number of piperidine rings is 1. The predicted molar refractivity (Wildman–Crippen MR) is 123 cm³/mol. The Kier molecular flexibility index (Phi) is 5.37. The van der Waals surface area contributed by atoms with Crippen molar-refractivity contribution in [3.8, 4) is 17.3 Å². The highest BCUT2D eigenvalue weighted by Crippen LogP contribution is 2.45. The van der Waals surface area contributed by atoms with Crippen LogP contribution < -0.4 is 9.64 Å². The highest BCUT2D eigenvalue weighted by Gasteiger charge is 2.44. The first-order valence-corrected chi connectivity index (χ1v) is 11.5. The molecule has 0 bridgehead atoms. The molecule has 4 aromatic rings. The van der Waals surface area contributed by atoms with Crippen molar-refractivity contribution in [3.63, 3.8) is 0 Å². The van der Waals surface area contributed by atoms with Crippen LogP contribution in [0.4, 0.5) is 10.2 Å². The summed E-state index contributed by atoms with van der Waals surface area (Å²) in [5.41, 5.74) is 1.28. The minimum Gasteiger partial charge on any atom is -0.487 e. The molecule has 1 aromatic carbocycles. The van der Waals surface area contributed by atoms with Gasteiger partial charge in [-0.2, -0.15) is 0 Å². The van der Waals surface area contributed by atoms with E-state index in [0.717, 1.165) is 11.4 Å².